The van der Waals surface area contributed by atoms with E-state index >= 15 is 0 Å². The summed E-state index contributed by atoms with van der Waals surface area (Å²) in [6, 6.07) is 9.63. The van der Waals surface area contributed by atoms with Gasteiger partial charge >= 0.3 is 0 Å². The van der Waals surface area contributed by atoms with Gasteiger partial charge < -0.3 is 14.2 Å². The van der Waals surface area contributed by atoms with Gasteiger partial charge in [0.1, 0.15) is 0 Å². The van der Waals surface area contributed by atoms with Gasteiger partial charge in [-0.3, -0.25) is 0 Å². The molecule has 1 aromatic heterocycles. The summed E-state index contributed by atoms with van der Waals surface area (Å²) >= 11 is 0. The van der Waals surface area contributed by atoms with Crippen molar-refractivity contribution >= 4 is 16.6 Å². The van der Waals surface area contributed by atoms with Gasteiger partial charge in [0.25, 0.3) is 0 Å². The van der Waals surface area contributed by atoms with Gasteiger partial charge in [-0.05, 0) is 31.2 Å². The fourth-order valence-electron chi connectivity index (χ4n) is 2.48. The van der Waals surface area contributed by atoms with Crippen LogP contribution in [-0.4, -0.2) is 30.9 Å². The topological polar surface area (TPSA) is 17.4 Å². The first kappa shape index (κ1) is 10.7. The molecule has 0 atom stereocenters. The van der Waals surface area contributed by atoms with E-state index in [4.69, 9.17) is 4.74 Å². The zero-order chi connectivity index (χ0) is 11.7. The van der Waals surface area contributed by atoms with Crippen LogP contribution in [0, 0.1) is 6.07 Å². The highest BCUT2D eigenvalue weighted by Crippen LogP contribution is 2.28. The third-order valence-corrected chi connectivity index (χ3v) is 3.42. The molecule has 3 nitrogen and oxygen atoms in total. The lowest BCUT2D eigenvalue weighted by atomic mass is 10.2. The number of aryl methyl sites for hydroxylation is 1. The van der Waals surface area contributed by atoms with Crippen LogP contribution in [0.2, 0.25) is 0 Å². The zero-order valence-electron chi connectivity index (χ0n) is 10.1. The lowest BCUT2D eigenvalue weighted by Gasteiger charge is -2.29. The van der Waals surface area contributed by atoms with Crippen LogP contribution in [0.5, 0.6) is 0 Å². The molecule has 1 saturated heterocycles. The number of morpholine rings is 1. The van der Waals surface area contributed by atoms with E-state index in [1.165, 1.54) is 16.6 Å². The fourth-order valence-corrected chi connectivity index (χ4v) is 2.48. The van der Waals surface area contributed by atoms with Gasteiger partial charge in [0.05, 0.1) is 18.7 Å². The summed E-state index contributed by atoms with van der Waals surface area (Å²) in [6.45, 7) is 6.77. The van der Waals surface area contributed by atoms with Crippen LogP contribution in [0.1, 0.15) is 6.92 Å². The summed E-state index contributed by atoms with van der Waals surface area (Å²) in [5.74, 6) is 0. The molecule has 0 bridgehead atoms. The van der Waals surface area contributed by atoms with Crippen molar-refractivity contribution in [2.75, 3.05) is 31.2 Å². The molecule has 0 spiro atoms. The van der Waals surface area contributed by atoms with Crippen LogP contribution in [0.4, 0.5) is 5.69 Å². The maximum atomic E-state index is 5.40. The minimum atomic E-state index is 0.824. The van der Waals surface area contributed by atoms with Gasteiger partial charge in [0, 0.05) is 36.9 Å². The Hall–Kier alpha value is -1.48. The maximum absolute atomic E-state index is 5.40. The van der Waals surface area contributed by atoms with Crippen LogP contribution < -0.4 is 4.90 Å². The Balaban J connectivity index is 2.06. The normalized spacial score (nSPS) is 16.6. The van der Waals surface area contributed by atoms with E-state index in [0.717, 1.165) is 32.8 Å². The minimum Gasteiger partial charge on any atom is -0.378 e. The smallest absolute Gasteiger partial charge is 0.0642 e. The second-order valence-electron chi connectivity index (χ2n) is 4.34. The maximum Gasteiger partial charge on any atom is 0.0642 e. The Labute approximate surface area is 102 Å². The van der Waals surface area contributed by atoms with Crippen LogP contribution in [-0.2, 0) is 11.3 Å². The quantitative estimate of drug-likeness (QED) is 0.786. The Morgan fingerprint density at radius 3 is 2.88 bits per heavy atom. The summed E-state index contributed by atoms with van der Waals surface area (Å²) in [6.07, 6.45) is 2.16. The van der Waals surface area contributed by atoms with Crippen molar-refractivity contribution in [3.63, 3.8) is 0 Å². The van der Waals surface area contributed by atoms with Gasteiger partial charge in [-0.25, -0.2) is 0 Å². The number of fused-ring (bicyclic) bond motifs is 1. The second kappa shape index (κ2) is 4.41. The second-order valence-corrected chi connectivity index (χ2v) is 4.34. The highest BCUT2D eigenvalue weighted by molar-refractivity contribution is 5.92. The molecule has 2 heterocycles. The van der Waals surface area contributed by atoms with Gasteiger partial charge in [0.15, 0.2) is 0 Å². The summed E-state index contributed by atoms with van der Waals surface area (Å²) in [7, 11) is 0. The standard InChI is InChI=1S/C14H17N2O/c1-2-15-7-6-12-13(15)4-3-5-14(12)16-8-10-17-11-9-16/h4-7H,2,8-11H2,1H3. The summed E-state index contributed by atoms with van der Waals surface area (Å²) in [5, 5.41) is 1.33. The van der Waals surface area contributed by atoms with Crippen molar-refractivity contribution in [3.05, 3.63) is 30.5 Å². The van der Waals surface area contributed by atoms with Crippen molar-refractivity contribution in [3.8, 4) is 0 Å². The monoisotopic (exact) mass is 229 g/mol. The fraction of sp³-hybridized carbons (Fsp3) is 0.429. The lowest BCUT2D eigenvalue weighted by Crippen LogP contribution is -2.36. The lowest BCUT2D eigenvalue weighted by molar-refractivity contribution is 0.123. The summed E-state index contributed by atoms with van der Waals surface area (Å²) < 4.78 is 7.66. The molecule has 3 heteroatoms. The van der Waals surface area contributed by atoms with Gasteiger partial charge in [-0.1, -0.05) is 0 Å². The molecule has 1 aliphatic heterocycles. The molecule has 3 rings (SSSR count). The van der Waals surface area contributed by atoms with Crippen molar-refractivity contribution in [2.24, 2.45) is 0 Å². The van der Waals surface area contributed by atoms with Crippen molar-refractivity contribution in [2.45, 2.75) is 13.5 Å². The van der Waals surface area contributed by atoms with E-state index < -0.39 is 0 Å². The third kappa shape index (κ3) is 1.80. The highest BCUT2D eigenvalue weighted by Gasteiger charge is 2.14. The number of benzene rings is 1. The molecule has 0 unspecified atom stereocenters. The molecule has 0 aliphatic carbocycles. The average molecular weight is 229 g/mol. The van der Waals surface area contributed by atoms with E-state index in [1.54, 1.807) is 0 Å². The van der Waals surface area contributed by atoms with E-state index in [-0.39, 0.29) is 0 Å². The Bertz CT molecular complexity index is 512. The molecule has 1 aliphatic rings. The number of aromatic nitrogens is 1. The van der Waals surface area contributed by atoms with E-state index in [2.05, 4.69) is 46.9 Å². The van der Waals surface area contributed by atoms with Crippen LogP contribution in [0.25, 0.3) is 10.9 Å². The van der Waals surface area contributed by atoms with E-state index in [9.17, 15) is 0 Å². The number of rotatable bonds is 2. The molecular formula is C14H17N2O. The first-order valence-electron chi connectivity index (χ1n) is 6.22. The molecule has 89 valence electrons. The molecule has 17 heavy (non-hydrogen) atoms. The SMILES string of the molecule is CCn1ccc2c(N3CCOCC3)c[c]cc21. The van der Waals surface area contributed by atoms with E-state index in [0.29, 0.717) is 0 Å². The molecule has 0 N–H and O–H groups in total. The molecule has 1 fully saturated rings. The number of nitrogens with zero attached hydrogens (tertiary/aromatic N) is 2. The highest BCUT2D eigenvalue weighted by atomic mass is 16.5. The molecular weight excluding hydrogens is 212 g/mol. The first-order valence-corrected chi connectivity index (χ1v) is 6.22. The molecule has 2 aromatic rings. The largest absolute Gasteiger partial charge is 0.378 e. The predicted octanol–water partition coefficient (Wildman–Crippen LogP) is 2.30. The van der Waals surface area contributed by atoms with Crippen LogP contribution >= 0.6 is 0 Å². The third-order valence-electron chi connectivity index (χ3n) is 3.42. The zero-order valence-corrected chi connectivity index (χ0v) is 10.1. The number of ether oxygens (including phenoxy) is 1. The number of hydrogen-bond acceptors (Lipinski definition) is 2. The van der Waals surface area contributed by atoms with E-state index in [1.807, 2.05) is 0 Å². The molecule has 1 aromatic carbocycles. The van der Waals surface area contributed by atoms with Crippen LogP contribution in [0.15, 0.2) is 24.4 Å². The summed E-state index contributed by atoms with van der Waals surface area (Å²) in [4.78, 5) is 2.39. The van der Waals surface area contributed by atoms with Crippen molar-refractivity contribution in [1.29, 1.82) is 0 Å². The van der Waals surface area contributed by atoms with Gasteiger partial charge in [-0.15, -0.1) is 0 Å². The number of hydrogen-bond donors (Lipinski definition) is 0. The van der Waals surface area contributed by atoms with Crippen molar-refractivity contribution in [1.82, 2.24) is 4.57 Å². The van der Waals surface area contributed by atoms with Crippen molar-refractivity contribution < 1.29 is 4.74 Å². The Morgan fingerprint density at radius 2 is 2.12 bits per heavy atom. The minimum absolute atomic E-state index is 0.824. The average Bonchev–Trinajstić information content (AvgIpc) is 2.82. The Morgan fingerprint density at radius 1 is 1.29 bits per heavy atom. The predicted molar refractivity (Wildman–Crippen MR) is 69.5 cm³/mol. The molecule has 0 amide bonds. The molecule has 0 saturated carbocycles. The Kier molecular flexibility index (Phi) is 2.77. The van der Waals surface area contributed by atoms with Crippen LogP contribution in [0.3, 0.4) is 0 Å². The van der Waals surface area contributed by atoms with Gasteiger partial charge in [0.2, 0.25) is 0 Å². The van der Waals surface area contributed by atoms with Gasteiger partial charge in [-0.2, -0.15) is 0 Å². The number of anilines is 1. The summed E-state index contributed by atoms with van der Waals surface area (Å²) in [5.41, 5.74) is 2.56. The first-order chi connectivity index (χ1) is 8.40. The molecule has 1 radical (unpaired) electrons.